The summed E-state index contributed by atoms with van der Waals surface area (Å²) in [5, 5.41) is 8.86. The Bertz CT molecular complexity index is 156. The molecule has 1 fully saturated rings. The maximum absolute atomic E-state index is 11.1. The molecular formula is C8H15NO2. The van der Waals surface area contributed by atoms with Gasteiger partial charge in [-0.2, -0.15) is 0 Å². The molecule has 1 heterocycles. The first-order valence-electron chi connectivity index (χ1n) is 4.07. The SMILES string of the molecule is CC(C)[C@@H]1CCC(=O)N1CO. The van der Waals surface area contributed by atoms with Gasteiger partial charge in [-0.05, 0) is 12.3 Å². The maximum Gasteiger partial charge on any atom is 0.224 e. The van der Waals surface area contributed by atoms with Gasteiger partial charge in [0.1, 0.15) is 6.73 Å². The highest BCUT2D eigenvalue weighted by atomic mass is 16.3. The Morgan fingerprint density at radius 2 is 2.36 bits per heavy atom. The number of aliphatic hydroxyl groups excluding tert-OH is 1. The molecule has 3 nitrogen and oxygen atoms in total. The molecule has 1 N–H and O–H groups in total. The van der Waals surface area contributed by atoms with Gasteiger partial charge in [0, 0.05) is 12.5 Å². The van der Waals surface area contributed by atoms with Crippen molar-refractivity contribution in [2.75, 3.05) is 6.73 Å². The molecule has 0 aliphatic carbocycles. The molecule has 0 aromatic heterocycles. The van der Waals surface area contributed by atoms with Gasteiger partial charge in [0.15, 0.2) is 0 Å². The van der Waals surface area contributed by atoms with Crippen molar-refractivity contribution < 1.29 is 9.90 Å². The number of rotatable bonds is 2. The van der Waals surface area contributed by atoms with Gasteiger partial charge in [0.05, 0.1) is 0 Å². The van der Waals surface area contributed by atoms with Crippen LogP contribution in [0.2, 0.25) is 0 Å². The van der Waals surface area contributed by atoms with Gasteiger partial charge in [0.25, 0.3) is 0 Å². The molecule has 0 unspecified atom stereocenters. The molecule has 3 heteroatoms. The summed E-state index contributed by atoms with van der Waals surface area (Å²) < 4.78 is 0. The van der Waals surface area contributed by atoms with E-state index in [9.17, 15) is 4.79 Å². The molecule has 0 radical (unpaired) electrons. The van der Waals surface area contributed by atoms with E-state index >= 15 is 0 Å². The Morgan fingerprint density at radius 3 is 2.73 bits per heavy atom. The van der Waals surface area contributed by atoms with Crippen molar-refractivity contribution in [2.24, 2.45) is 5.92 Å². The minimum atomic E-state index is -0.123. The Hall–Kier alpha value is -0.570. The molecule has 1 aliphatic heterocycles. The van der Waals surface area contributed by atoms with E-state index in [0.29, 0.717) is 12.3 Å². The zero-order valence-electron chi connectivity index (χ0n) is 7.08. The lowest BCUT2D eigenvalue weighted by Crippen LogP contribution is -2.36. The Morgan fingerprint density at radius 1 is 1.73 bits per heavy atom. The number of hydrogen-bond acceptors (Lipinski definition) is 2. The van der Waals surface area contributed by atoms with Gasteiger partial charge in [-0.3, -0.25) is 4.79 Å². The third-order valence-electron chi connectivity index (χ3n) is 2.30. The number of amides is 1. The third kappa shape index (κ3) is 1.53. The number of carbonyl (C=O) groups is 1. The van der Waals surface area contributed by atoms with E-state index < -0.39 is 0 Å². The molecule has 0 aromatic rings. The standard InChI is InChI=1S/C8H15NO2/c1-6(2)7-3-4-8(11)9(7)5-10/h6-7,10H,3-5H2,1-2H3/t7-/m0/s1. The van der Waals surface area contributed by atoms with Crippen LogP contribution in [-0.4, -0.2) is 28.7 Å². The smallest absolute Gasteiger partial charge is 0.224 e. The average molecular weight is 157 g/mol. The van der Waals surface area contributed by atoms with Crippen molar-refractivity contribution in [1.29, 1.82) is 0 Å². The minimum absolute atomic E-state index is 0.0891. The van der Waals surface area contributed by atoms with Crippen molar-refractivity contribution in [3.63, 3.8) is 0 Å². The van der Waals surface area contributed by atoms with Crippen molar-refractivity contribution in [1.82, 2.24) is 4.90 Å². The van der Waals surface area contributed by atoms with Gasteiger partial charge in [-0.15, -0.1) is 0 Å². The molecule has 1 saturated heterocycles. The summed E-state index contributed by atoms with van der Waals surface area (Å²) in [6.45, 7) is 4.03. The monoisotopic (exact) mass is 157 g/mol. The molecule has 1 atom stereocenters. The molecule has 11 heavy (non-hydrogen) atoms. The lowest BCUT2D eigenvalue weighted by molar-refractivity contribution is -0.133. The van der Waals surface area contributed by atoms with E-state index in [4.69, 9.17) is 5.11 Å². The zero-order chi connectivity index (χ0) is 8.43. The topological polar surface area (TPSA) is 40.5 Å². The van der Waals surface area contributed by atoms with Gasteiger partial charge < -0.3 is 10.0 Å². The van der Waals surface area contributed by atoms with Crippen molar-refractivity contribution in [2.45, 2.75) is 32.7 Å². The second-order valence-electron chi connectivity index (χ2n) is 3.35. The van der Waals surface area contributed by atoms with Crippen LogP contribution in [0.4, 0.5) is 0 Å². The molecule has 64 valence electrons. The lowest BCUT2D eigenvalue weighted by Gasteiger charge is -2.25. The van der Waals surface area contributed by atoms with Crippen LogP contribution in [0, 0.1) is 5.92 Å². The number of carbonyl (C=O) groups excluding carboxylic acids is 1. The minimum Gasteiger partial charge on any atom is -0.376 e. The van der Waals surface area contributed by atoms with E-state index in [1.54, 1.807) is 4.90 Å². The Kier molecular flexibility index (Phi) is 2.49. The fraction of sp³-hybridized carbons (Fsp3) is 0.875. The van der Waals surface area contributed by atoms with Crippen molar-refractivity contribution >= 4 is 5.91 Å². The van der Waals surface area contributed by atoms with Crippen LogP contribution in [-0.2, 0) is 4.79 Å². The molecule has 0 bridgehead atoms. The van der Waals surface area contributed by atoms with E-state index in [1.807, 2.05) is 0 Å². The van der Waals surface area contributed by atoms with E-state index in [-0.39, 0.29) is 18.7 Å². The number of nitrogens with zero attached hydrogens (tertiary/aromatic N) is 1. The fourth-order valence-corrected chi connectivity index (χ4v) is 1.63. The first-order valence-corrected chi connectivity index (χ1v) is 4.07. The predicted octanol–water partition coefficient (Wildman–Crippen LogP) is 0.583. The Balaban J connectivity index is 2.61. The molecule has 1 rings (SSSR count). The maximum atomic E-state index is 11.1. The van der Waals surface area contributed by atoms with Crippen LogP contribution in [0.5, 0.6) is 0 Å². The van der Waals surface area contributed by atoms with Crippen LogP contribution in [0.1, 0.15) is 26.7 Å². The highest BCUT2D eigenvalue weighted by Gasteiger charge is 2.31. The third-order valence-corrected chi connectivity index (χ3v) is 2.30. The summed E-state index contributed by atoms with van der Waals surface area (Å²) in [7, 11) is 0. The molecule has 1 amide bonds. The Labute approximate surface area is 67.0 Å². The van der Waals surface area contributed by atoms with Crippen molar-refractivity contribution in [3.8, 4) is 0 Å². The van der Waals surface area contributed by atoms with Gasteiger partial charge >= 0.3 is 0 Å². The number of likely N-dealkylation sites (tertiary alicyclic amines) is 1. The lowest BCUT2D eigenvalue weighted by atomic mass is 10.0. The van der Waals surface area contributed by atoms with Crippen molar-refractivity contribution in [3.05, 3.63) is 0 Å². The normalized spacial score (nSPS) is 25.3. The van der Waals surface area contributed by atoms with Gasteiger partial charge in [-0.1, -0.05) is 13.8 Å². The quantitative estimate of drug-likeness (QED) is 0.637. The van der Waals surface area contributed by atoms with Gasteiger partial charge in [-0.25, -0.2) is 0 Å². The second-order valence-corrected chi connectivity index (χ2v) is 3.35. The predicted molar refractivity (Wildman–Crippen MR) is 41.8 cm³/mol. The van der Waals surface area contributed by atoms with Crippen LogP contribution in [0.15, 0.2) is 0 Å². The highest BCUT2D eigenvalue weighted by Crippen LogP contribution is 2.23. The number of aliphatic hydroxyl groups is 1. The summed E-state index contributed by atoms with van der Waals surface area (Å²) in [6, 6.07) is 0.257. The average Bonchev–Trinajstić information content (AvgIpc) is 2.30. The molecule has 0 saturated carbocycles. The first kappa shape index (κ1) is 8.53. The fourth-order valence-electron chi connectivity index (χ4n) is 1.63. The molecule has 0 aromatic carbocycles. The number of hydrogen-bond donors (Lipinski definition) is 1. The van der Waals surface area contributed by atoms with Crippen LogP contribution in [0.3, 0.4) is 0 Å². The second kappa shape index (κ2) is 3.22. The molecular weight excluding hydrogens is 142 g/mol. The van der Waals surface area contributed by atoms with Crippen LogP contribution in [0.25, 0.3) is 0 Å². The van der Waals surface area contributed by atoms with E-state index in [1.165, 1.54) is 0 Å². The van der Waals surface area contributed by atoms with Crippen LogP contribution >= 0.6 is 0 Å². The summed E-state index contributed by atoms with van der Waals surface area (Å²) >= 11 is 0. The largest absolute Gasteiger partial charge is 0.376 e. The molecule has 1 aliphatic rings. The first-order chi connectivity index (χ1) is 5.16. The zero-order valence-corrected chi connectivity index (χ0v) is 7.08. The van der Waals surface area contributed by atoms with Crippen LogP contribution < -0.4 is 0 Å². The summed E-state index contributed by atoms with van der Waals surface area (Å²) in [5.74, 6) is 0.541. The van der Waals surface area contributed by atoms with Gasteiger partial charge in [0.2, 0.25) is 5.91 Å². The highest BCUT2D eigenvalue weighted by molar-refractivity contribution is 5.78. The summed E-state index contributed by atoms with van der Waals surface area (Å²) in [5.41, 5.74) is 0. The van der Waals surface area contributed by atoms with E-state index in [0.717, 1.165) is 6.42 Å². The summed E-state index contributed by atoms with van der Waals surface area (Å²) in [4.78, 5) is 12.6. The molecule has 0 spiro atoms. The van der Waals surface area contributed by atoms with E-state index in [2.05, 4.69) is 13.8 Å². The summed E-state index contributed by atoms with van der Waals surface area (Å²) in [6.07, 6.45) is 1.50.